The number of hydrogen-bond acceptors (Lipinski definition) is 3. The summed E-state index contributed by atoms with van der Waals surface area (Å²) in [5.74, 6) is 0.910. The maximum atomic E-state index is 5.75. The average Bonchev–Trinajstić information content (AvgIpc) is 2.38. The number of rotatable bonds is 7. The van der Waals surface area contributed by atoms with Gasteiger partial charge in [0.25, 0.3) is 0 Å². The van der Waals surface area contributed by atoms with Crippen LogP contribution in [0.25, 0.3) is 0 Å². The van der Waals surface area contributed by atoms with E-state index in [1.165, 1.54) is 5.56 Å². The lowest BCUT2D eigenvalue weighted by atomic mass is 9.84. The van der Waals surface area contributed by atoms with Crippen molar-refractivity contribution in [2.24, 2.45) is 11.1 Å². The van der Waals surface area contributed by atoms with Crippen LogP contribution < -0.4 is 15.8 Å². The molecule has 0 radical (unpaired) electrons. The van der Waals surface area contributed by atoms with Crippen LogP contribution >= 0.6 is 0 Å². The largest absolute Gasteiger partial charge is 0.497 e. The van der Waals surface area contributed by atoms with Crippen molar-refractivity contribution in [2.45, 2.75) is 33.1 Å². The molecule has 0 bridgehead atoms. The molecule has 108 valence electrons. The van der Waals surface area contributed by atoms with Gasteiger partial charge in [-0.15, -0.1) is 0 Å². The Hall–Kier alpha value is -1.06. The molecule has 0 saturated heterocycles. The van der Waals surface area contributed by atoms with E-state index in [4.69, 9.17) is 10.5 Å². The Balaban J connectivity index is 2.64. The number of methoxy groups -OCH3 is 1. The predicted octanol–water partition coefficient (Wildman–Crippen LogP) is 2.55. The van der Waals surface area contributed by atoms with Crippen LogP contribution in [0.3, 0.4) is 0 Å². The molecule has 0 aliphatic rings. The second-order valence-corrected chi connectivity index (χ2v) is 6.59. The first-order valence-corrected chi connectivity index (χ1v) is 6.86. The van der Waals surface area contributed by atoms with Gasteiger partial charge in [0.15, 0.2) is 0 Å². The lowest BCUT2D eigenvalue weighted by Crippen LogP contribution is -2.40. The van der Waals surface area contributed by atoms with Crippen molar-refractivity contribution in [1.82, 2.24) is 5.32 Å². The second-order valence-electron chi connectivity index (χ2n) is 6.59. The highest BCUT2D eigenvalue weighted by atomic mass is 16.5. The van der Waals surface area contributed by atoms with Gasteiger partial charge in [-0.25, -0.2) is 0 Å². The number of hydrogen-bond donors (Lipinski definition) is 2. The van der Waals surface area contributed by atoms with Crippen LogP contribution in [0, 0.1) is 5.41 Å². The molecule has 0 aromatic heterocycles. The molecule has 0 atom stereocenters. The van der Waals surface area contributed by atoms with Gasteiger partial charge >= 0.3 is 0 Å². The normalized spacial score (nSPS) is 12.5. The van der Waals surface area contributed by atoms with Gasteiger partial charge in [0.05, 0.1) is 7.11 Å². The number of benzene rings is 1. The van der Waals surface area contributed by atoms with E-state index in [0.29, 0.717) is 6.54 Å². The van der Waals surface area contributed by atoms with Crippen LogP contribution in [0.5, 0.6) is 5.75 Å². The molecule has 3 nitrogen and oxygen atoms in total. The van der Waals surface area contributed by atoms with Crippen molar-refractivity contribution >= 4 is 0 Å². The summed E-state index contributed by atoms with van der Waals surface area (Å²) in [5, 5.41) is 3.53. The summed E-state index contributed by atoms with van der Waals surface area (Å²) >= 11 is 0. The third-order valence-corrected chi connectivity index (χ3v) is 3.57. The fourth-order valence-electron chi connectivity index (χ4n) is 1.93. The van der Waals surface area contributed by atoms with Gasteiger partial charge in [-0.05, 0) is 29.7 Å². The van der Waals surface area contributed by atoms with Crippen LogP contribution in [0.1, 0.15) is 33.3 Å². The lowest BCUT2D eigenvalue weighted by molar-refractivity contribution is 0.332. The highest BCUT2D eigenvalue weighted by Crippen LogP contribution is 2.26. The van der Waals surface area contributed by atoms with E-state index in [2.05, 4.69) is 45.1 Å². The fourth-order valence-corrected chi connectivity index (χ4v) is 1.93. The molecule has 0 aliphatic carbocycles. The fraction of sp³-hybridized carbons (Fsp3) is 0.625. The molecule has 0 spiro atoms. The molecule has 1 rings (SSSR count). The van der Waals surface area contributed by atoms with Crippen molar-refractivity contribution in [3.8, 4) is 5.75 Å². The Morgan fingerprint density at radius 3 is 2.42 bits per heavy atom. The lowest BCUT2D eigenvalue weighted by Gasteiger charge is -2.29. The molecule has 1 aromatic carbocycles. The Bertz CT molecular complexity index is 399. The zero-order valence-electron chi connectivity index (χ0n) is 12.9. The minimum absolute atomic E-state index is 0.0687. The SMILES string of the molecule is COc1cccc(C(C)(C)CNCC(C)(C)CN)c1. The minimum Gasteiger partial charge on any atom is -0.497 e. The van der Waals surface area contributed by atoms with Crippen molar-refractivity contribution in [1.29, 1.82) is 0 Å². The minimum atomic E-state index is 0.0687. The zero-order chi connectivity index (χ0) is 14.5. The molecule has 1 aromatic rings. The molecule has 3 heteroatoms. The number of nitrogens with one attached hydrogen (secondary N) is 1. The number of nitrogens with two attached hydrogens (primary N) is 1. The summed E-state index contributed by atoms with van der Waals surface area (Å²) in [6, 6.07) is 8.28. The molecule has 0 unspecified atom stereocenters. The Kier molecular flexibility index (Phi) is 5.39. The Morgan fingerprint density at radius 2 is 1.84 bits per heavy atom. The molecule has 0 amide bonds. The maximum Gasteiger partial charge on any atom is 0.119 e. The van der Waals surface area contributed by atoms with Gasteiger partial charge in [0.1, 0.15) is 5.75 Å². The van der Waals surface area contributed by atoms with Gasteiger partial charge in [-0.2, -0.15) is 0 Å². The average molecular weight is 264 g/mol. The molecule has 0 fully saturated rings. The third-order valence-electron chi connectivity index (χ3n) is 3.57. The van der Waals surface area contributed by atoms with E-state index >= 15 is 0 Å². The summed E-state index contributed by atoms with van der Waals surface area (Å²) in [4.78, 5) is 0. The monoisotopic (exact) mass is 264 g/mol. The third kappa shape index (κ3) is 4.84. The molecule has 19 heavy (non-hydrogen) atoms. The molecule has 3 N–H and O–H groups in total. The zero-order valence-corrected chi connectivity index (χ0v) is 12.9. The molecular formula is C16H28N2O. The quantitative estimate of drug-likeness (QED) is 0.795. The first kappa shape index (κ1) is 16.0. The van der Waals surface area contributed by atoms with Crippen molar-refractivity contribution in [3.63, 3.8) is 0 Å². The van der Waals surface area contributed by atoms with Gasteiger partial charge in [0.2, 0.25) is 0 Å². The summed E-state index contributed by atoms with van der Waals surface area (Å²) in [6.45, 7) is 11.4. The topological polar surface area (TPSA) is 47.3 Å². The smallest absolute Gasteiger partial charge is 0.119 e. The van der Waals surface area contributed by atoms with Crippen molar-refractivity contribution in [2.75, 3.05) is 26.7 Å². The van der Waals surface area contributed by atoms with E-state index < -0.39 is 0 Å². The van der Waals surface area contributed by atoms with Crippen LogP contribution in [0.15, 0.2) is 24.3 Å². The second kappa shape index (κ2) is 6.40. The summed E-state index contributed by atoms with van der Waals surface area (Å²) in [6.07, 6.45) is 0. The van der Waals surface area contributed by atoms with Gasteiger partial charge in [-0.1, -0.05) is 39.8 Å². The van der Waals surface area contributed by atoms with Crippen molar-refractivity contribution < 1.29 is 4.74 Å². The van der Waals surface area contributed by atoms with E-state index in [0.717, 1.165) is 18.8 Å². The van der Waals surface area contributed by atoms with Crippen LogP contribution in [-0.2, 0) is 5.41 Å². The summed E-state index contributed by atoms with van der Waals surface area (Å²) < 4.78 is 5.29. The summed E-state index contributed by atoms with van der Waals surface area (Å²) in [7, 11) is 1.70. The van der Waals surface area contributed by atoms with E-state index in [1.807, 2.05) is 12.1 Å². The van der Waals surface area contributed by atoms with Gasteiger partial charge < -0.3 is 15.8 Å². The van der Waals surface area contributed by atoms with Crippen molar-refractivity contribution in [3.05, 3.63) is 29.8 Å². The number of ether oxygens (including phenoxy) is 1. The maximum absolute atomic E-state index is 5.75. The predicted molar refractivity (Wildman–Crippen MR) is 81.7 cm³/mol. The van der Waals surface area contributed by atoms with E-state index in [9.17, 15) is 0 Å². The van der Waals surface area contributed by atoms with E-state index in [1.54, 1.807) is 7.11 Å². The molecular weight excluding hydrogens is 236 g/mol. The molecule has 0 aliphatic heterocycles. The van der Waals surface area contributed by atoms with Crippen LogP contribution in [0.4, 0.5) is 0 Å². The Labute approximate surface area is 117 Å². The highest BCUT2D eigenvalue weighted by molar-refractivity contribution is 5.33. The first-order valence-electron chi connectivity index (χ1n) is 6.86. The standard InChI is InChI=1S/C16H28N2O/c1-15(2,10-17)11-18-12-16(3,4)13-7-6-8-14(9-13)19-5/h6-9,18H,10-12,17H2,1-5H3. The van der Waals surface area contributed by atoms with Crippen LogP contribution in [0.2, 0.25) is 0 Å². The summed E-state index contributed by atoms with van der Waals surface area (Å²) in [5.41, 5.74) is 7.24. The van der Waals surface area contributed by atoms with E-state index in [-0.39, 0.29) is 10.8 Å². The highest BCUT2D eigenvalue weighted by Gasteiger charge is 2.22. The Morgan fingerprint density at radius 1 is 1.16 bits per heavy atom. The molecule has 0 saturated carbocycles. The van der Waals surface area contributed by atoms with Gasteiger partial charge in [0, 0.05) is 18.5 Å². The first-order chi connectivity index (χ1) is 8.80. The van der Waals surface area contributed by atoms with Crippen LogP contribution in [-0.4, -0.2) is 26.7 Å². The molecule has 0 heterocycles. The van der Waals surface area contributed by atoms with Gasteiger partial charge in [-0.3, -0.25) is 0 Å².